The SMILES string of the molecule is CCC1CC(CC2CC2)CCN1. The molecular formula is C11H21N. The third-order valence-corrected chi connectivity index (χ3v) is 3.46. The van der Waals surface area contributed by atoms with Gasteiger partial charge in [-0.15, -0.1) is 0 Å². The molecule has 0 bridgehead atoms. The molecule has 1 heteroatoms. The van der Waals surface area contributed by atoms with Gasteiger partial charge in [0.15, 0.2) is 0 Å². The quantitative estimate of drug-likeness (QED) is 0.681. The predicted molar refractivity (Wildman–Crippen MR) is 52.1 cm³/mol. The molecule has 1 aliphatic heterocycles. The monoisotopic (exact) mass is 167 g/mol. The Bertz CT molecular complexity index is 140. The summed E-state index contributed by atoms with van der Waals surface area (Å²) in [6.45, 7) is 3.58. The summed E-state index contributed by atoms with van der Waals surface area (Å²) in [5.74, 6) is 2.19. The van der Waals surface area contributed by atoms with Crippen LogP contribution in [0.2, 0.25) is 0 Å². The Morgan fingerprint density at radius 3 is 2.67 bits per heavy atom. The van der Waals surface area contributed by atoms with Gasteiger partial charge in [-0.25, -0.2) is 0 Å². The van der Waals surface area contributed by atoms with Crippen LogP contribution in [-0.2, 0) is 0 Å². The molecule has 1 nitrogen and oxygen atoms in total. The van der Waals surface area contributed by atoms with Crippen LogP contribution in [-0.4, -0.2) is 12.6 Å². The molecule has 1 N–H and O–H groups in total. The van der Waals surface area contributed by atoms with E-state index >= 15 is 0 Å². The van der Waals surface area contributed by atoms with Crippen molar-refractivity contribution < 1.29 is 0 Å². The Balaban J connectivity index is 1.73. The summed E-state index contributed by atoms with van der Waals surface area (Å²) in [5.41, 5.74) is 0. The Hall–Kier alpha value is -0.0400. The van der Waals surface area contributed by atoms with Gasteiger partial charge in [0.25, 0.3) is 0 Å². The van der Waals surface area contributed by atoms with Gasteiger partial charge in [-0.3, -0.25) is 0 Å². The molecule has 0 aromatic rings. The van der Waals surface area contributed by atoms with Crippen molar-refractivity contribution in [3.05, 3.63) is 0 Å². The van der Waals surface area contributed by atoms with Gasteiger partial charge in [-0.2, -0.15) is 0 Å². The molecule has 12 heavy (non-hydrogen) atoms. The maximum atomic E-state index is 3.59. The molecule has 2 fully saturated rings. The molecule has 2 unspecified atom stereocenters. The van der Waals surface area contributed by atoms with Crippen LogP contribution in [0.3, 0.4) is 0 Å². The van der Waals surface area contributed by atoms with Gasteiger partial charge in [-0.1, -0.05) is 19.8 Å². The zero-order valence-corrected chi connectivity index (χ0v) is 8.18. The van der Waals surface area contributed by atoms with E-state index < -0.39 is 0 Å². The van der Waals surface area contributed by atoms with E-state index in [9.17, 15) is 0 Å². The number of piperidine rings is 1. The van der Waals surface area contributed by atoms with Crippen LogP contribution in [0.15, 0.2) is 0 Å². The Labute approximate surface area is 75.9 Å². The fourth-order valence-electron chi connectivity index (χ4n) is 2.45. The van der Waals surface area contributed by atoms with Crippen LogP contribution in [0, 0.1) is 11.8 Å². The number of hydrogen-bond donors (Lipinski definition) is 1. The molecule has 0 aromatic heterocycles. The van der Waals surface area contributed by atoms with Crippen LogP contribution in [0.1, 0.15) is 45.4 Å². The van der Waals surface area contributed by atoms with E-state index in [1.165, 1.54) is 45.1 Å². The molecule has 0 amide bonds. The predicted octanol–water partition coefficient (Wildman–Crippen LogP) is 2.56. The highest BCUT2D eigenvalue weighted by atomic mass is 14.9. The van der Waals surface area contributed by atoms with Crippen LogP contribution in [0.4, 0.5) is 0 Å². The van der Waals surface area contributed by atoms with Crippen LogP contribution < -0.4 is 5.32 Å². The van der Waals surface area contributed by atoms with E-state index in [1.807, 2.05) is 0 Å². The molecule has 1 aliphatic carbocycles. The molecule has 2 rings (SSSR count). The standard InChI is InChI=1S/C11H21N/c1-2-11-8-10(5-6-12-11)7-9-3-4-9/h9-12H,2-8H2,1H3. The van der Waals surface area contributed by atoms with Crippen molar-refractivity contribution in [3.8, 4) is 0 Å². The van der Waals surface area contributed by atoms with Gasteiger partial charge < -0.3 is 5.32 Å². The molecule has 70 valence electrons. The molecule has 1 saturated heterocycles. The highest BCUT2D eigenvalue weighted by Gasteiger charge is 2.28. The highest BCUT2D eigenvalue weighted by molar-refractivity contribution is 4.82. The Kier molecular flexibility index (Phi) is 2.69. The van der Waals surface area contributed by atoms with Gasteiger partial charge in [0.05, 0.1) is 0 Å². The fraction of sp³-hybridized carbons (Fsp3) is 1.00. The molecule has 2 atom stereocenters. The highest BCUT2D eigenvalue weighted by Crippen LogP contribution is 2.38. The third kappa shape index (κ3) is 2.22. The normalized spacial score (nSPS) is 36.8. The minimum absolute atomic E-state index is 0.836. The summed E-state index contributed by atoms with van der Waals surface area (Å²) >= 11 is 0. The van der Waals surface area contributed by atoms with Crippen LogP contribution in [0.5, 0.6) is 0 Å². The summed E-state index contributed by atoms with van der Waals surface area (Å²) < 4.78 is 0. The molecule has 1 heterocycles. The number of rotatable bonds is 3. The molecule has 0 aromatic carbocycles. The minimum Gasteiger partial charge on any atom is -0.314 e. The summed E-state index contributed by atoms with van der Waals surface area (Å²) in [7, 11) is 0. The van der Waals surface area contributed by atoms with Crippen molar-refractivity contribution in [2.24, 2.45) is 11.8 Å². The first-order valence-corrected chi connectivity index (χ1v) is 5.62. The van der Waals surface area contributed by atoms with Crippen LogP contribution in [0.25, 0.3) is 0 Å². The maximum absolute atomic E-state index is 3.59. The molecular weight excluding hydrogens is 146 g/mol. The van der Waals surface area contributed by atoms with Crippen molar-refractivity contribution in [2.75, 3.05) is 6.54 Å². The zero-order valence-electron chi connectivity index (χ0n) is 8.18. The molecule has 2 aliphatic rings. The lowest BCUT2D eigenvalue weighted by molar-refractivity contribution is 0.274. The lowest BCUT2D eigenvalue weighted by atomic mass is 9.87. The number of nitrogens with one attached hydrogen (secondary N) is 1. The van der Waals surface area contributed by atoms with Crippen molar-refractivity contribution >= 4 is 0 Å². The van der Waals surface area contributed by atoms with Crippen molar-refractivity contribution in [3.63, 3.8) is 0 Å². The zero-order chi connectivity index (χ0) is 8.39. The first-order chi connectivity index (χ1) is 5.88. The number of hydrogen-bond acceptors (Lipinski definition) is 1. The molecule has 1 saturated carbocycles. The summed E-state index contributed by atoms with van der Waals surface area (Å²) in [4.78, 5) is 0. The summed E-state index contributed by atoms with van der Waals surface area (Å²) in [6.07, 6.45) is 8.81. The summed E-state index contributed by atoms with van der Waals surface area (Å²) in [6, 6.07) is 0.836. The molecule has 0 spiro atoms. The molecule has 0 radical (unpaired) electrons. The average Bonchev–Trinajstić information content (AvgIpc) is 2.89. The van der Waals surface area contributed by atoms with E-state index in [0.29, 0.717) is 0 Å². The third-order valence-electron chi connectivity index (χ3n) is 3.46. The van der Waals surface area contributed by atoms with Gasteiger partial charge in [-0.05, 0) is 44.1 Å². The van der Waals surface area contributed by atoms with Gasteiger partial charge in [0.1, 0.15) is 0 Å². The Morgan fingerprint density at radius 2 is 2.00 bits per heavy atom. The lowest BCUT2D eigenvalue weighted by Gasteiger charge is -2.29. The maximum Gasteiger partial charge on any atom is 0.00670 e. The topological polar surface area (TPSA) is 12.0 Å². The second-order valence-corrected chi connectivity index (χ2v) is 4.63. The van der Waals surface area contributed by atoms with E-state index in [2.05, 4.69) is 12.2 Å². The van der Waals surface area contributed by atoms with E-state index in [-0.39, 0.29) is 0 Å². The van der Waals surface area contributed by atoms with Gasteiger partial charge >= 0.3 is 0 Å². The van der Waals surface area contributed by atoms with Gasteiger partial charge in [0, 0.05) is 6.04 Å². The fourth-order valence-corrected chi connectivity index (χ4v) is 2.45. The van der Waals surface area contributed by atoms with Crippen molar-refractivity contribution in [2.45, 2.75) is 51.5 Å². The smallest absolute Gasteiger partial charge is 0.00670 e. The van der Waals surface area contributed by atoms with E-state index in [4.69, 9.17) is 0 Å². The first kappa shape index (κ1) is 8.55. The van der Waals surface area contributed by atoms with Crippen LogP contribution >= 0.6 is 0 Å². The second kappa shape index (κ2) is 3.78. The van der Waals surface area contributed by atoms with E-state index in [1.54, 1.807) is 0 Å². The first-order valence-electron chi connectivity index (χ1n) is 5.62. The average molecular weight is 167 g/mol. The summed E-state index contributed by atoms with van der Waals surface area (Å²) in [5, 5.41) is 3.59. The van der Waals surface area contributed by atoms with E-state index in [0.717, 1.165) is 17.9 Å². The lowest BCUT2D eigenvalue weighted by Crippen LogP contribution is -2.37. The second-order valence-electron chi connectivity index (χ2n) is 4.63. The minimum atomic E-state index is 0.836. The largest absolute Gasteiger partial charge is 0.314 e. The Morgan fingerprint density at radius 1 is 1.17 bits per heavy atom. The van der Waals surface area contributed by atoms with Gasteiger partial charge in [0.2, 0.25) is 0 Å². The van der Waals surface area contributed by atoms with Crippen molar-refractivity contribution in [1.29, 1.82) is 0 Å². The van der Waals surface area contributed by atoms with Crippen molar-refractivity contribution in [1.82, 2.24) is 5.32 Å².